The first-order chi connectivity index (χ1) is 9.51. The number of hydrogen-bond acceptors (Lipinski definition) is 5. The van der Waals surface area contributed by atoms with Gasteiger partial charge in [-0.1, -0.05) is 0 Å². The highest BCUT2D eigenvalue weighted by atomic mass is 32.2. The van der Waals surface area contributed by atoms with Crippen molar-refractivity contribution in [2.75, 3.05) is 26.2 Å². The van der Waals surface area contributed by atoms with Crippen molar-refractivity contribution in [3.05, 3.63) is 12.2 Å². The van der Waals surface area contributed by atoms with Crippen LogP contribution in [0.5, 0.6) is 0 Å². The molecule has 0 radical (unpaired) electrons. The minimum atomic E-state index is -3.44. The number of nitrogens with zero attached hydrogens (tertiary/aromatic N) is 4. The molecule has 2 rings (SSSR count). The number of rotatable bonds is 6. The molecular formula is C11H21N5O3S. The third-order valence-electron chi connectivity index (χ3n) is 3.45. The summed E-state index contributed by atoms with van der Waals surface area (Å²) in [5, 5.41) is 13.1. The van der Waals surface area contributed by atoms with Gasteiger partial charge in [-0.15, -0.1) is 0 Å². The van der Waals surface area contributed by atoms with Gasteiger partial charge in [-0.2, -0.15) is 17.8 Å². The molecule has 9 heteroatoms. The van der Waals surface area contributed by atoms with Gasteiger partial charge in [0.15, 0.2) is 5.82 Å². The Balaban J connectivity index is 1.79. The van der Waals surface area contributed by atoms with Gasteiger partial charge in [0, 0.05) is 39.7 Å². The zero-order valence-corrected chi connectivity index (χ0v) is 12.4. The molecule has 2 N–H and O–H groups in total. The van der Waals surface area contributed by atoms with Crippen LogP contribution in [0.2, 0.25) is 0 Å². The molecule has 2 heterocycles. The van der Waals surface area contributed by atoms with Gasteiger partial charge < -0.3 is 5.11 Å². The summed E-state index contributed by atoms with van der Waals surface area (Å²) in [6, 6.07) is 0. The van der Waals surface area contributed by atoms with Gasteiger partial charge in [0.05, 0.1) is 0 Å². The molecule has 114 valence electrons. The highest BCUT2D eigenvalue weighted by Crippen LogP contribution is 2.18. The second-order valence-electron chi connectivity index (χ2n) is 5.01. The maximum atomic E-state index is 12.1. The Morgan fingerprint density at radius 1 is 1.45 bits per heavy atom. The van der Waals surface area contributed by atoms with Gasteiger partial charge in [-0.3, -0.25) is 4.68 Å². The summed E-state index contributed by atoms with van der Waals surface area (Å²) in [4.78, 5) is 4.04. The summed E-state index contributed by atoms with van der Waals surface area (Å²) in [5.41, 5.74) is 0. The number of aliphatic hydroxyl groups excluding tert-OH is 1. The maximum Gasteiger partial charge on any atom is 0.279 e. The van der Waals surface area contributed by atoms with Crippen molar-refractivity contribution in [3.8, 4) is 0 Å². The zero-order valence-electron chi connectivity index (χ0n) is 11.6. The van der Waals surface area contributed by atoms with Gasteiger partial charge in [-0.25, -0.2) is 9.71 Å². The number of piperidine rings is 1. The van der Waals surface area contributed by atoms with E-state index in [9.17, 15) is 8.42 Å². The predicted molar refractivity (Wildman–Crippen MR) is 73.0 cm³/mol. The molecule has 1 saturated heterocycles. The van der Waals surface area contributed by atoms with E-state index in [4.69, 9.17) is 5.11 Å². The van der Waals surface area contributed by atoms with E-state index in [-0.39, 0.29) is 19.1 Å². The summed E-state index contributed by atoms with van der Waals surface area (Å²) >= 11 is 0. The molecule has 0 aliphatic carbocycles. The Bertz CT molecular complexity index is 522. The Morgan fingerprint density at radius 3 is 2.70 bits per heavy atom. The molecule has 1 aromatic rings. The molecule has 1 fully saturated rings. The molecule has 0 amide bonds. The smallest absolute Gasteiger partial charge is 0.279 e. The van der Waals surface area contributed by atoms with E-state index < -0.39 is 10.2 Å². The highest BCUT2D eigenvalue weighted by Gasteiger charge is 2.27. The second-order valence-corrected chi connectivity index (χ2v) is 6.76. The minimum Gasteiger partial charge on any atom is -0.396 e. The quantitative estimate of drug-likeness (QED) is 0.694. The molecule has 0 bridgehead atoms. The third-order valence-corrected chi connectivity index (χ3v) is 5.07. The Labute approximate surface area is 119 Å². The van der Waals surface area contributed by atoms with Gasteiger partial charge in [0.2, 0.25) is 0 Å². The Kier molecular flexibility index (Phi) is 5.08. The van der Waals surface area contributed by atoms with Gasteiger partial charge in [0.25, 0.3) is 10.2 Å². The number of aromatic nitrogens is 3. The summed E-state index contributed by atoms with van der Waals surface area (Å²) in [7, 11) is -1.67. The summed E-state index contributed by atoms with van der Waals surface area (Å²) in [6.45, 7) is 1.34. The first-order valence-corrected chi connectivity index (χ1v) is 8.15. The molecule has 0 saturated carbocycles. The molecular weight excluding hydrogens is 282 g/mol. The zero-order chi connectivity index (χ0) is 14.6. The van der Waals surface area contributed by atoms with Crippen LogP contribution in [0.4, 0.5) is 0 Å². The Morgan fingerprint density at radius 2 is 2.15 bits per heavy atom. The monoisotopic (exact) mass is 303 g/mol. The number of aryl methyl sites for hydroxylation is 1. The van der Waals surface area contributed by atoms with Crippen molar-refractivity contribution in [2.24, 2.45) is 13.0 Å². The predicted octanol–water partition coefficient (Wildman–Crippen LogP) is -1.10. The van der Waals surface area contributed by atoms with Crippen molar-refractivity contribution in [3.63, 3.8) is 0 Å². The van der Waals surface area contributed by atoms with E-state index in [1.165, 1.54) is 4.31 Å². The largest absolute Gasteiger partial charge is 0.396 e. The van der Waals surface area contributed by atoms with E-state index >= 15 is 0 Å². The molecule has 0 spiro atoms. The van der Waals surface area contributed by atoms with Crippen molar-refractivity contribution in [1.29, 1.82) is 0 Å². The lowest BCUT2D eigenvalue weighted by molar-refractivity contribution is 0.169. The van der Waals surface area contributed by atoms with Crippen LogP contribution in [-0.2, 0) is 23.7 Å². The molecule has 20 heavy (non-hydrogen) atoms. The standard InChI is InChI=1S/C11H21N5O3S/c1-15-9-12-11(14-15)2-5-13-20(18,19)16-6-3-10(8-17)4-7-16/h9-10,13,17H,2-8H2,1H3. The SMILES string of the molecule is Cn1cnc(CCNS(=O)(=O)N2CCC(CO)CC2)n1. The van der Waals surface area contributed by atoms with Crippen LogP contribution in [0.25, 0.3) is 0 Å². The number of nitrogens with one attached hydrogen (secondary N) is 1. The van der Waals surface area contributed by atoms with Crippen LogP contribution in [0.1, 0.15) is 18.7 Å². The van der Waals surface area contributed by atoms with Gasteiger partial charge in [0.1, 0.15) is 6.33 Å². The lowest BCUT2D eigenvalue weighted by Gasteiger charge is -2.30. The van der Waals surface area contributed by atoms with E-state index in [1.54, 1.807) is 18.1 Å². The van der Waals surface area contributed by atoms with Crippen LogP contribution in [0, 0.1) is 5.92 Å². The fraction of sp³-hybridized carbons (Fsp3) is 0.818. The fourth-order valence-electron chi connectivity index (χ4n) is 2.21. The highest BCUT2D eigenvalue weighted by molar-refractivity contribution is 7.87. The van der Waals surface area contributed by atoms with E-state index in [0.717, 1.165) is 0 Å². The van der Waals surface area contributed by atoms with Gasteiger partial charge >= 0.3 is 0 Å². The lowest BCUT2D eigenvalue weighted by atomic mass is 10.00. The van der Waals surface area contributed by atoms with Gasteiger partial charge in [-0.05, 0) is 18.8 Å². The molecule has 1 aromatic heterocycles. The van der Waals surface area contributed by atoms with Crippen LogP contribution in [-0.4, -0.2) is 58.8 Å². The van der Waals surface area contributed by atoms with Crippen molar-refractivity contribution >= 4 is 10.2 Å². The fourth-order valence-corrected chi connectivity index (χ4v) is 3.45. The average molecular weight is 303 g/mol. The number of aliphatic hydroxyl groups is 1. The van der Waals surface area contributed by atoms with Crippen LogP contribution in [0.15, 0.2) is 6.33 Å². The van der Waals surface area contributed by atoms with Crippen LogP contribution in [0.3, 0.4) is 0 Å². The topological polar surface area (TPSA) is 100 Å². The Hall–Kier alpha value is -1.03. The molecule has 0 aromatic carbocycles. The maximum absolute atomic E-state index is 12.1. The third kappa shape index (κ3) is 3.98. The first kappa shape index (κ1) is 15.4. The molecule has 1 aliphatic rings. The lowest BCUT2D eigenvalue weighted by Crippen LogP contribution is -2.45. The normalized spacial score (nSPS) is 18.5. The first-order valence-electron chi connectivity index (χ1n) is 6.71. The molecule has 0 atom stereocenters. The van der Waals surface area contributed by atoms with E-state index in [2.05, 4.69) is 14.8 Å². The summed E-state index contributed by atoms with van der Waals surface area (Å²) in [5.74, 6) is 0.841. The average Bonchev–Trinajstić information content (AvgIpc) is 2.84. The molecule has 1 aliphatic heterocycles. The van der Waals surface area contributed by atoms with Crippen molar-refractivity contribution in [2.45, 2.75) is 19.3 Å². The number of hydrogen-bond donors (Lipinski definition) is 2. The summed E-state index contributed by atoms with van der Waals surface area (Å²) < 4.78 is 29.8. The minimum absolute atomic E-state index is 0.132. The van der Waals surface area contributed by atoms with Crippen molar-refractivity contribution < 1.29 is 13.5 Å². The summed E-state index contributed by atoms with van der Waals surface area (Å²) in [6.07, 6.45) is 3.47. The van der Waals surface area contributed by atoms with Crippen molar-refractivity contribution in [1.82, 2.24) is 23.8 Å². The second kappa shape index (κ2) is 6.61. The van der Waals surface area contributed by atoms with E-state index in [1.807, 2.05) is 0 Å². The molecule has 8 nitrogen and oxygen atoms in total. The van der Waals surface area contributed by atoms with Crippen LogP contribution >= 0.6 is 0 Å². The van der Waals surface area contributed by atoms with Crippen LogP contribution < -0.4 is 4.72 Å². The molecule has 0 unspecified atom stereocenters. The van der Waals surface area contributed by atoms with E-state index in [0.29, 0.717) is 38.2 Å².